The molecule has 3 heteroatoms. The maximum Gasteiger partial charge on any atom is 0.116 e. The average Bonchev–Trinajstić information content (AvgIpc) is 2.04. The predicted molar refractivity (Wildman–Crippen MR) is 37.5 cm³/mol. The molecule has 1 N–H and O–H groups in total. The molecule has 0 radical (unpaired) electrons. The summed E-state index contributed by atoms with van der Waals surface area (Å²) in [5.74, 6) is 0.000509. The van der Waals surface area contributed by atoms with Gasteiger partial charge < -0.3 is 5.11 Å². The molecule has 0 spiro atoms. The van der Waals surface area contributed by atoms with Crippen molar-refractivity contribution in [1.82, 2.24) is 0 Å². The minimum absolute atomic E-state index is 0.000509. The number of hydrogen-bond acceptors (Lipinski definition) is 3. The first-order valence-corrected chi connectivity index (χ1v) is 2.91. The van der Waals surface area contributed by atoms with Crippen LogP contribution in [0.1, 0.15) is 11.1 Å². The number of phenols is 1. The molecule has 1 rings (SSSR count). The van der Waals surface area contributed by atoms with Gasteiger partial charge in [-0.25, -0.2) is 0 Å². The van der Waals surface area contributed by atoms with Gasteiger partial charge in [0.15, 0.2) is 0 Å². The van der Waals surface area contributed by atoms with Crippen LogP contribution in [0, 0.1) is 22.7 Å². The fourth-order valence-electron chi connectivity index (χ4n) is 0.722. The molecular formula is C8H4N2O. The molecule has 1 aromatic carbocycles. The molecular weight excluding hydrogens is 140 g/mol. The summed E-state index contributed by atoms with van der Waals surface area (Å²) in [6.45, 7) is 0. The second-order valence-corrected chi connectivity index (χ2v) is 1.95. The van der Waals surface area contributed by atoms with Crippen LogP contribution in [0.15, 0.2) is 18.2 Å². The lowest BCUT2D eigenvalue weighted by molar-refractivity contribution is 0.475. The van der Waals surface area contributed by atoms with Crippen molar-refractivity contribution in [3.05, 3.63) is 29.3 Å². The molecule has 11 heavy (non-hydrogen) atoms. The van der Waals surface area contributed by atoms with E-state index in [0.717, 1.165) is 0 Å². The minimum Gasteiger partial charge on any atom is -0.508 e. The van der Waals surface area contributed by atoms with E-state index < -0.39 is 0 Å². The number of benzene rings is 1. The summed E-state index contributed by atoms with van der Waals surface area (Å²) in [4.78, 5) is 0. The summed E-state index contributed by atoms with van der Waals surface area (Å²) in [6.07, 6.45) is 0. The van der Waals surface area contributed by atoms with E-state index >= 15 is 0 Å². The fourth-order valence-corrected chi connectivity index (χ4v) is 0.722. The highest BCUT2D eigenvalue weighted by molar-refractivity contribution is 5.48. The first kappa shape index (κ1) is 7.11. The molecule has 0 saturated carbocycles. The Bertz CT molecular complexity index is 357. The van der Waals surface area contributed by atoms with Gasteiger partial charge in [0.1, 0.15) is 17.9 Å². The monoisotopic (exact) mass is 144 g/mol. The van der Waals surface area contributed by atoms with Crippen molar-refractivity contribution < 1.29 is 5.11 Å². The standard InChI is InChI=1S/C8H4N2O/c9-4-6-1-2-8(11)3-7(6)5-10/h1-3,11H. The number of aromatic hydroxyl groups is 1. The van der Waals surface area contributed by atoms with E-state index in [1.807, 2.05) is 6.07 Å². The third kappa shape index (κ3) is 1.28. The van der Waals surface area contributed by atoms with E-state index in [1.54, 1.807) is 6.07 Å². The number of rotatable bonds is 0. The van der Waals surface area contributed by atoms with Crippen LogP contribution in [-0.2, 0) is 0 Å². The topological polar surface area (TPSA) is 67.8 Å². The minimum atomic E-state index is 0.000509. The van der Waals surface area contributed by atoms with Gasteiger partial charge in [0.2, 0.25) is 0 Å². The molecule has 0 heterocycles. The zero-order chi connectivity index (χ0) is 8.27. The molecule has 0 fully saturated rings. The Kier molecular flexibility index (Phi) is 1.76. The Morgan fingerprint density at radius 3 is 2.27 bits per heavy atom. The van der Waals surface area contributed by atoms with E-state index in [4.69, 9.17) is 15.6 Å². The third-order valence-electron chi connectivity index (χ3n) is 1.24. The first-order valence-electron chi connectivity index (χ1n) is 2.91. The van der Waals surface area contributed by atoms with Crippen LogP contribution in [0.3, 0.4) is 0 Å². The summed E-state index contributed by atoms with van der Waals surface area (Å²) in [6, 6.07) is 7.69. The molecule has 0 aromatic heterocycles. The van der Waals surface area contributed by atoms with E-state index in [9.17, 15) is 0 Å². The van der Waals surface area contributed by atoms with Crippen molar-refractivity contribution in [2.24, 2.45) is 0 Å². The lowest BCUT2D eigenvalue weighted by Crippen LogP contribution is -1.81. The number of nitriles is 2. The molecule has 1 aromatic rings. The first-order chi connectivity index (χ1) is 5.27. The van der Waals surface area contributed by atoms with Crippen molar-refractivity contribution in [3.8, 4) is 17.9 Å². The van der Waals surface area contributed by atoms with E-state index in [2.05, 4.69) is 0 Å². The molecule has 0 amide bonds. The molecule has 0 aliphatic heterocycles. The number of phenolic OH excluding ortho intramolecular Hbond substituents is 1. The number of nitrogens with zero attached hydrogens (tertiary/aromatic N) is 2. The van der Waals surface area contributed by atoms with Gasteiger partial charge in [0.25, 0.3) is 0 Å². The normalized spacial score (nSPS) is 8.18. The summed E-state index contributed by atoms with van der Waals surface area (Å²) in [5, 5.41) is 25.8. The van der Waals surface area contributed by atoms with Crippen LogP contribution in [0.5, 0.6) is 5.75 Å². The van der Waals surface area contributed by atoms with Crippen LogP contribution < -0.4 is 0 Å². The maximum absolute atomic E-state index is 8.90. The van der Waals surface area contributed by atoms with Crippen LogP contribution in [0.2, 0.25) is 0 Å². The predicted octanol–water partition coefficient (Wildman–Crippen LogP) is 1.14. The van der Waals surface area contributed by atoms with Crippen LogP contribution in [0.25, 0.3) is 0 Å². The van der Waals surface area contributed by atoms with Gasteiger partial charge in [0.05, 0.1) is 11.1 Å². The lowest BCUT2D eigenvalue weighted by atomic mass is 10.1. The van der Waals surface area contributed by atoms with Crippen LogP contribution >= 0.6 is 0 Å². The Morgan fingerprint density at radius 2 is 1.73 bits per heavy atom. The largest absolute Gasteiger partial charge is 0.508 e. The van der Waals surface area contributed by atoms with Crippen LogP contribution in [-0.4, -0.2) is 5.11 Å². The van der Waals surface area contributed by atoms with Gasteiger partial charge in [-0.2, -0.15) is 10.5 Å². The third-order valence-corrected chi connectivity index (χ3v) is 1.24. The number of hydrogen-bond donors (Lipinski definition) is 1. The maximum atomic E-state index is 8.90. The van der Waals surface area contributed by atoms with E-state index in [0.29, 0.717) is 0 Å². The van der Waals surface area contributed by atoms with Crippen LogP contribution in [0.4, 0.5) is 0 Å². The van der Waals surface area contributed by atoms with Crippen molar-refractivity contribution in [2.75, 3.05) is 0 Å². The Balaban J connectivity index is 3.34. The quantitative estimate of drug-likeness (QED) is 0.593. The molecule has 0 aliphatic carbocycles. The van der Waals surface area contributed by atoms with Crippen molar-refractivity contribution in [2.45, 2.75) is 0 Å². The molecule has 52 valence electrons. The summed E-state index contributed by atoms with van der Waals surface area (Å²) >= 11 is 0. The molecule has 0 atom stereocenters. The summed E-state index contributed by atoms with van der Waals surface area (Å²) in [7, 11) is 0. The molecule has 0 aliphatic rings. The lowest BCUT2D eigenvalue weighted by Gasteiger charge is -1.93. The smallest absolute Gasteiger partial charge is 0.116 e. The van der Waals surface area contributed by atoms with Gasteiger partial charge in [-0.15, -0.1) is 0 Å². The summed E-state index contributed by atoms with van der Waals surface area (Å²) < 4.78 is 0. The summed E-state index contributed by atoms with van der Waals surface area (Å²) in [5.41, 5.74) is 0.484. The zero-order valence-corrected chi connectivity index (χ0v) is 5.57. The highest BCUT2D eigenvalue weighted by Crippen LogP contribution is 2.14. The van der Waals surface area contributed by atoms with Crippen molar-refractivity contribution in [1.29, 1.82) is 10.5 Å². The van der Waals surface area contributed by atoms with Gasteiger partial charge in [-0.3, -0.25) is 0 Å². The van der Waals surface area contributed by atoms with E-state index in [-0.39, 0.29) is 16.9 Å². The highest BCUT2D eigenvalue weighted by atomic mass is 16.3. The molecule has 0 bridgehead atoms. The SMILES string of the molecule is N#Cc1ccc(O)cc1C#N. The molecule has 0 unspecified atom stereocenters. The van der Waals surface area contributed by atoms with Crippen molar-refractivity contribution >= 4 is 0 Å². The average molecular weight is 144 g/mol. The zero-order valence-electron chi connectivity index (χ0n) is 5.57. The van der Waals surface area contributed by atoms with Gasteiger partial charge in [-0.05, 0) is 18.2 Å². The highest BCUT2D eigenvalue weighted by Gasteiger charge is 2.00. The van der Waals surface area contributed by atoms with Gasteiger partial charge in [0, 0.05) is 0 Å². The Hall–Kier alpha value is -2.00. The Labute approximate surface area is 63.7 Å². The van der Waals surface area contributed by atoms with E-state index in [1.165, 1.54) is 18.2 Å². The second kappa shape index (κ2) is 2.72. The van der Waals surface area contributed by atoms with Gasteiger partial charge in [-0.1, -0.05) is 0 Å². The Morgan fingerprint density at radius 1 is 1.09 bits per heavy atom. The second-order valence-electron chi connectivity index (χ2n) is 1.95. The molecule has 3 nitrogen and oxygen atoms in total. The fraction of sp³-hybridized carbons (Fsp3) is 0. The van der Waals surface area contributed by atoms with Gasteiger partial charge >= 0.3 is 0 Å². The van der Waals surface area contributed by atoms with Crippen molar-refractivity contribution in [3.63, 3.8) is 0 Å². The molecule has 0 saturated heterocycles.